The number of hydrogen-bond acceptors (Lipinski definition) is 7. The molecule has 10 heteroatoms. The Morgan fingerprint density at radius 3 is 2.50 bits per heavy atom. The van der Waals surface area contributed by atoms with Crippen LogP contribution in [0.2, 0.25) is 0 Å². The molecule has 1 saturated heterocycles. The number of nitrogens with zero attached hydrogens (tertiary/aromatic N) is 3. The van der Waals surface area contributed by atoms with Gasteiger partial charge in [-0.3, -0.25) is 9.78 Å². The maximum atomic E-state index is 15.3. The second-order valence-corrected chi connectivity index (χ2v) is 9.17. The third kappa shape index (κ3) is 4.87. The van der Waals surface area contributed by atoms with Gasteiger partial charge in [0.25, 0.3) is 0 Å². The fraction of sp³-hybridized carbons (Fsp3) is 0.192. The molecule has 2 heterocycles. The molecule has 0 spiro atoms. The van der Waals surface area contributed by atoms with Gasteiger partial charge in [-0.25, -0.2) is 18.2 Å². The summed E-state index contributed by atoms with van der Waals surface area (Å²) in [7, 11) is 0. The summed E-state index contributed by atoms with van der Waals surface area (Å²) in [5.74, 6) is -4.43. The molecule has 184 valence electrons. The number of rotatable bonds is 6. The minimum atomic E-state index is -1.54. The van der Waals surface area contributed by atoms with Crippen LogP contribution in [-0.4, -0.2) is 42.1 Å². The van der Waals surface area contributed by atoms with E-state index in [1.807, 2.05) is 24.0 Å². The Balaban J connectivity index is 1.46. The molecule has 6 nitrogen and oxygen atoms in total. The summed E-state index contributed by atoms with van der Waals surface area (Å²) in [6, 6.07) is 12.4. The quantitative estimate of drug-likeness (QED) is 0.207. The summed E-state index contributed by atoms with van der Waals surface area (Å²) >= 11 is 1.02. The van der Waals surface area contributed by atoms with E-state index in [1.54, 1.807) is 24.4 Å². The molecule has 1 fully saturated rings. The van der Waals surface area contributed by atoms with Crippen LogP contribution < -0.4 is 9.62 Å². The summed E-state index contributed by atoms with van der Waals surface area (Å²) < 4.78 is 52.4. The minimum absolute atomic E-state index is 0.0311. The third-order valence-electron chi connectivity index (χ3n) is 5.81. The molecule has 0 aliphatic carbocycles. The number of morpholine rings is 1. The van der Waals surface area contributed by atoms with E-state index >= 15 is 4.39 Å². The maximum Gasteiger partial charge on any atom is 0.199 e. The Labute approximate surface area is 209 Å². The van der Waals surface area contributed by atoms with Gasteiger partial charge in [-0.15, -0.1) is 0 Å². The standard InChI is InChI=1S/C26H21F3N4O2S/c1-15-2-5-17(6-3-15)36-32-21-13-18(27)24(28)23(25(21)29)26(34)16-4-7-19-20(12-16)31-22(14-30-19)33-8-10-35-11-9-33/h2-7,12-14,32H,8-11H2,1H3. The second kappa shape index (κ2) is 10.2. The van der Waals surface area contributed by atoms with Crippen LogP contribution in [0.5, 0.6) is 0 Å². The van der Waals surface area contributed by atoms with Gasteiger partial charge in [-0.2, -0.15) is 0 Å². The average molecular weight is 511 g/mol. The second-order valence-electron chi connectivity index (χ2n) is 8.29. The van der Waals surface area contributed by atoms with Crippen LogP contribution in [0, 0.1) is 24.4 Å². The molecule has 1 aliphatic heterocycles. The van der Waals surface area contributed by atoms with Gasteiger partial charge >= 0.3 is 0 Å². The highest BCUT2D eigenvalue weighted by Gasteiger charge is 2.26. The van der Waals surface area contributed by atoms with E-state index in [2.05, 4.69) is 14.7 Å². The highest BCUT2D eigenvalue weighted by atomic mass is 32.2. The number of aryl methyl sites for hydroxylation is 1. The van der Waals surface area contributed by atoms with Gasteiger partial charge in [0.2, 0.25) is 0 Å². The number of ether oxygens (including phenoxy) is 1. The molecule has 36 heavy (non-hydrogen) atoms. The number of halogens is 3. The van der Waals surface area contributed by atoms with Gasteiger partial charge in [0, 0.05) is 29.6 Å². The van der Waals surface area contributed by atoms with Crippen LogP contribution in [0.15, 0.2) is 59.6 Å². The summed E-state index contributed by atoms with van der Waals surface area (Å²) in [5, 5.41) is 0. The summed E-state index contributed by atoms with van der Waals surface area (Å²) in [5.41, 5.74) is 0.604. The van der Waals surface area contributed by atoms with E-state index in [0.717, 1.165) is 22.4 Å². The van der Waals surface area contributed by atoms with Crippen LogP contribution in [0.25, 0.3) is 11.0 Å². The van der Waals surface area contributed by atoms with Crippen molar-refractivity contribution >= 4 is 40.3 Å². The fourth-order valence-corrected chi connectivity index (χ4v) is 4.48. The van der Waals surface area contributed by atoms with Gasteiger partial charge in [0.15, 0.2) is 23.2 Å². The largest absolute Gasteiger partial charge is 0.378 e. The van der Waals surface area contributed by atoms with Crippen molar-refractivity contribution in [3.05, 3.63) is 88.9 Å². The molecule has 4 aromatic rings. The molecule has 0 bridgehead atoms. The SMILES string of the molecule is Cc1ccc(SNc2cc(F)c(F)c(C(=O)c3ccc4ncc(N5CCOCC5)nc4c3)c2F)cc1. The number of carbonyl (C=O) groups is 1. The highest BCUT2D eigenvalue weighted by Crippen LogP contribution is 2.30. The van der Waals surface area contributed by atoms with Crippen molar-refractivity contribution in [3.63, 3.8) is 0 Å². The monoisotopic (exact) mass is 510 g/mol. The number of hydrogen-bond donors (Lipinski definition) is 1. The third-order valence-corrected chi connectivity index (χ3v) is 6.64. The topological polar surface area (TPSA) is 67.4 Å². The summed E-state index contributed by atoms with van der Waals surface area (Å²) in [6.45, 7) is 4.35. The summed E-state index contributed by atoms with van der Waals surface area (Å²) in [4.78, 5) is 24.9. The first-order valence-electron chi connectivity index (χ1n) is 11.2. The highest BCUT2D eigenvalue weighted by molar-refractivity contribution is 8.00. The van der Waals surface area contributed by atoms with Crippen LogP contribution in [-0.2, 0) is 4.74 Å². The van der Waals surface area contributed by atoms with Crippen LogP contribution in [0.3, 0.4) is 0 Å². The molecule has 0 unspecified atom stereocenters. The van der Waals surface area contributed by atoms with E-state index in [1.165, 1.54) is 12.1 Å². The molecule has 0 saturated carbocycles. The molecule has 1 aliphatic rings. The summed E-state index contributed by atoms with van der Waals surface area (Å²) in [6.07, 6.45) is 1.63. The molecule has 0 atom stereocenters. The maximum absolute atomic E-state index is 15.3. The Bertz CT molecular complexity index is 1440. The first-order valence-corrected chi connectivity index (χ1v) is 12.0. The lowest BCUT2D eigenvalue weighted by Crippen LogP contribution is -2.36. The number of anilines is 2. The molecule has 5 rings (SSSR count). The lowest BCUT2D eigenvalue weighted by molar-refractivity contribution is 0.103. The molecule has 3 aromatic carbocycles. The molecular weight excluding hydrogens is 489 g/mol. The van der Waals surface area contributed by atoms with Gasteiger partial charge in [0.1, 0.15) is 5.82 Å². The molecule has 1 aromatic heterocycles. The number of fused-ring (bicyclic) bond motifs is 1. The van der Waals surface area contributed by atoms with Gasteiger partial charge in [-0.05, 0) is 49.2 Å². The van der Waals surface area contributed by atoms with Crippen molar-refractivity contribution < 1.29 is 22.7 Å². The minimum Gasteiger partial charge on any atom is -0.378 e. The first-order chi connectivity index (χ1) is 17.4. The number of nitrogens with one attached hydrogen (secondary N) is 1. The van der Waals surface area contributed by atoms with Crippen LogP contribution in [0.1, 0.15) is 21.5 Å². The fourth-order valence-electron chi connectivity index (χ4n) is 3.83. The van der Waals surface area contributed by atoms with E-state index in [0.29, 0.717) is 49.2 Å². The number of aromatic nitrogens is 2. The van der Waals surface area contributed by atoms with Crippen molar-refractivity contribution in [1.29, 1.82) is 0 Å². The van der Waals surface area contributed by atoms with Crippen LogP contribution >= 0.6 is 11.9 Å². The predicted molar refractivity (Wildman–Crippen MR) is 133 cm³/mol. The van der Waals surface area contributed by atoms with Crippen molar-refractivity contribution in [2.24, 2.45) is 0 Å². The lowest BCUT2D eigenvalue weighted by atomic mass is 10.0. The number of benzene rings is 3. The zero-order valence-corrected chi connectivity index (χ0v) is 20.0. The number of ketones is 1. The van der Waals surface area contributed by atoms with Gasteiger partial charge in [0.05, 0.1) is 41.7 Å². The Kier molecular flexibility index (Phi) is 6.80. The smallest absolute Gasteiger partial charge is 0.199 e. The van der Waals surface area contributed by atoms with Crippen molar-refractivity contribution in [3.8, 4) is 0 Å². The Morgan fingerprint density at radius 1 is 1.00 bits per heavy atom. The molecular formula is C26H21F3N4O2S. The molecule has 0 radical (unpaired) electrons. The zero-order valence-electron chi connectivity index (χ0n) is 19.2. The average Bonchev–Trinajstić information content (AvgIpc) is 2.91. The predicted octanol–water partition coefficient (Wildman–Crippen LogP) is 5.54. The molecule has 0 amide bonds. The Hall–Kier alpha value is -3.63. The van der Waals surface area contributed by atoms with Crippen molar-refractivity contribution in [2.45, 2.75) is 11.8 Å². The lowest BCUT2D eigenvalue weighted by Gasteiger charge is -2.27. The van der Waals surface area contributed by atoms with Crippen molar-refractivity contribution in [1.82, 2.24) is 9.97 Å². The van der Waals surface area contributed by atoms with Crippen LogP contribution in [0.4, 0.5) is 24.7 Å². The van der Waals surface area contributed by atoms with Crippen molar-refractivity contribution in [2.75, 3.05) is 35.9 Å². The van der Waals surface area contributed by atoms with E-state index < -0.39 is 28.8 Å². The molecule has 1 N–H and O–H groups in total. The first kappa shape index (κ1) is 24.1. The van der Waals surface area contributed by atoms with Gasteiger partial charge in [-0.1, -0.05) is 17.7 Å². The van der Waals surface area contributed by atoms with E-state index in [9.17, 15) is 13.6 Å². The zero-order chi connectivity index (χ0) is 25.2. The number of carbonyl (C=O) groups excluding carboxylic acids is 1. The Morgan fingerprint density at radius 2 is 1.75 bits per heavy atom. The normalized spacial score (nSPS) is 13.7. The van der Waals surface area contributed by atoms with E-state index in [4.69, 9.17) is 4.74 Å². The van der Waals surface area contributed by atoms with Gasteiger partial charge < -0.3 is 14.4 Å². The van der Waals surface area contributed by atoms with E-state index in [-0.39, 0.29) is 11.3 Å².